The average Bonchev–Trinajstić information content (AvgIpc) is 2.15. The van der Waals surface area contributed by atoms with Crippen LogP contribution in [0, 0.1) is 0 Å². The summed E-state index contributed by atoms with van der Waals surface area (Å²) in [6.45, 7) is -0.278. The van der Waals surface area contributed by atoms with Crippen LogP contribution < -0.4 is 35.3 Å². The van der Waals surface area contributed by atoms with Gasteiger partial charge in [0.05, 0.1) is 19.4 Å². The first kappa shape index (κ1) is 27.2. The third-order valence-corrected chi connectivity index (χ3v) is 1.46. The van der Waals surface area contributed by atoms with Gasteiger partial charge in [-0.25, -0.2) is 4.79 Å². The molecule has 0 amide bonds. The molecule has 20 heavy (non-hydrogen) atoms. The maximum atomic E-state index is 10.3. The summed E-state index contributed by atoms with van der Waals surface area (Å²) in [6, 6.07) is 0. The number of aliphatic hydroxyl groups is 1. The number of rotatable bonds is 6. The zero-order valence-electron chi connectivity index (χ0n) is 10.5. The molecule has 0 aliphatic carbocycles. The molecule has 0 aromatic rings. The van der Waals surface area contributed by atoms with Gasteiger partial charge in [0.1, 0.15) is 0 Å². The van der Waals surface area contributed by atoms with E-state index in [-0.39, 0.29) is 41.6 Å². The minimum atomic E-state index is -2.74. The Morgan fingerprint density at radius 3 is 1.20 bits per heavy atom. The Balaban J connectivity index is -0.000000158. The van der Waals surface area contributed by atoms with Crippen molar-refractivity contribution in [3.63, 3.8) is 0 Å². The van der Waals surface area contributed by atoms with Crippen LogP contribution in [-0.4, -0.2) is 67.0 Å². The van der Waals surface area contributed by atoms with Gasteiger partial charge in [0.25, 0.3) is 0 Å². The molecule has 0 bridgehead atoms. The molecule has 8 N–H and O–H groups in total. The molecule has 11 nitrogen and oxygen atoms in total. The van der Waals surface area contributed by atoms with Gasteiger partial charge in [-0.2, -0.15) is 0 Å². The number of hydrogen-bond acceptors (Lipinski definition) is 7. The van der Waals surface area contributed by atoms with E-state index in [4.69, 9.17) is 25.5 Å². The predicted molar refractivity (Wildman–Crippen MR) is 55.7 cm³/mol. The standard InChI is InChI=1S/C6H8O7.C2H5NO2.Na.H2O/c7-3(8)1-6(13,5(11)12)2-4(9)10;3-1-2(4)5;;/h13H,1-2H2,(H,7,8)(H,9,10)(H,11,12);1,3H2,(H,4,5);;1H2/q;;+1;/p-1. The molecule has 0 unspecified atom stereocenters. The van der Waals surface area contributed by atoms with E-state index in [9.17, 15) is 19.2 Å². The molecule has 0 atom stereocenters. The monoisotopic (exact) mass is 307 g/mol. The quantitative estimate of drug-likeness (QED) is 0.254. The summed E-state index contributed by atoms with van der Waals surface area (Å²) in [4.78, 5) is 39.7. The molecular formula is C8H14NNaO10. The third-order valence-electron chi connectivity index (χ3n) is 1.46. The van der Waals surface area contributed by atoms with Crippen LogP contribution in [0.4, 0.5) is 0 Å². The number of hydrogen-bond donors (Lipinski definition) is 6. The zero-order chi connectivity index (χ0) is 14.9. The molecular weight excluding hydrogens is 293 g/mol. The molecule has 0 saturated carbocycles. The Bertz CT molecular complexity index is 328. The Hall–Kier alpha value is -1.24. The Labute approximate surface area is 134 Å². The minimum Gasteiger partial charge on any atom is -0.870 e. The molecule has 112 valence electrons. The molecule has 0 fully saturated rings. The normalized spacial score (nSPS) is 8.90. The maximum absolute atomic E-state index is 10.3. The smallest absolute Gasteiger partial charge is 0.870 e. The number of nitrogens with two attached hydrogens (primary N) is 1. The Kier molecular flexibility index (Phi) is 17.4. The average molecular weight is 307 g/mol. The summed E-state index contributed by atoms with van der Waals surface area (Å²) < 4.78 is 0. The molecule has 0 rings (SSSR count). The SMILES string of the molecule is NCC(=O)O.O=C(O)CC(O)(CC(=O)O)C(=O)O.[Na+].[OH-]. The number of carboxylic acids is 4. The van der Waals surface area contributed by atoms with Crippen LogP contribution in [0.5, 0.6) is 0 Å². The van der Waals surface area contributed by atoms with Crippen LogP contribution in [-0.2, 0) is 19.2 Å². The topological polar surface area (TPSA) is 225 Å². The van der Waals surface area contributed by atoms with Gasteiger partial charge in [-0.15, -0.1) is 0 Å². The second-order valence-electron chi connectivity index (χ2n) is 3.08. The molecule has 0 aliphatic rings. The van der Waals surface area contributed by atoms with E-state index in [1.54, 1.807) is 0 Å². The molecule has 0 heterocycles. The largest absolute Gasteiger partial charge is 1.00 e. The van der Waals surface area contributed by atoms with Gasteiger partial charge >= 0.3 is 53.4 Å². The van der Waals surface area contributed by atoms with Crippen LogP contribution in [0.1, 0.15) is 12.8 Å². The Morgan fingerprint density at radius 1 is 0.850 bits per heavy atom. The van der Waals surface area contributed by atoms with Crippen molar-refractivity contribution in [2.24, 2.45) is 5.73 Å². The molecule has 0 aromatic heterocycles. The van der Waals surface area contributed by atoms with Crippen LogP contribution in [0.3, 0.4) is 0 Å². The van der Waals surface area contributed by atoms with Gasteiger partial charge in [0.2, 0.25) is 0 Å². The van der Waals surface area contributed by atoms with Crippen LogP contribution in [0.15, 0.2) is 0 Å². The van der Waals surface area contributed by atoms with E-state index in [0.29, 0.717) is 0 Å². The van der Waals surface area contributed by atoms with Crippen molar-refractivity contribution in [1.82, 2.24) is 0 Å². The summed E-state index contributed by atoms with van der Waals surface area (Å²) >= 11 is 0. The molecule has 0 aromatic carbocycles. The third kappa shape index (κ3) is 14.8. The fourth-order valence-corrected chi connectivity index (χ4v) is 0.714. The molecule has 12 heteroatoms. The van der Waals surface area contributed by atoms with Gasteiger partial charge in [-0.1, -0.05) is 0 Å². The number of carbonyl (C=O) groups is 4. The van der Waals surface area contributed by atoms with Crippen LogP contribution in [0.2, 0.25) is 0 Å². The first-order valence-corrected chi connectivity index (χ1v) is 4.36. The maximum Gasteiger partial charge on any atom is 1.00 e. The van der Waals surface area contributed by atoms with E-state index < -0.39 is 42.3 Å². The van der Waals surface area contributed by atoms with Gasteiger partial charge < -0.3 is 36.7 Å². The first-order chi connectivity index (χ1) is 8.05. The van der Waals surface area contributed by atoms with E-state index in [2.05, 4.69) is 5.73 Å². The van der Waals surface area contributed by atoms with Gasteiger partial charge in [0, 0.05) is 0 Å². The van der Waals surface area contributed by atoms with Crippen LogP contribution >= 0.6 is 0 Å². The minimum absolute atomic E-state index is 0. The second-order valence-corrected chi connectivity index (χ2v) is 3.08. The van der Waals surface area contributed by atoms with Crippen molar-refractivity contribution in [3.8, 4) is 0 Å². The van der Waals surface area contributed by atoms with E-state index in [1.807, 2.05) is 0 Å². The fourth-order valence-electron chi connectivity index (χ4n) is 0.714. The van der Waals surface area contributed by atoms with Crippen molar-refractivity contribution >= 4 is 23.9 Å². The molecule has 0 saturated heterocycles. The summed E-state index contributed by atoms with van der Waals surface area (Å²) in [5.41, 5.74) is 1.83. The van der Waals surface area contributed by atoms with E-state index >= 15 is 0 Å². The summed E-state index contributed by atoms with van der Waals surface area (Å²) in [5, 5.41) is 41.4. The van der Waals surface area contributed by atoms with Gasteiger partial charge in [-0.3, -0.25) is 14.4 Å². The van der Waals surface area contributed by atoms with Crippen molar-refractivity contribution in [1.29, 1.82) is 0 Å². The van der Waals surface area contributed by atoms with Crippen molar-refractivity contribution < 1.29 is 79.7 Å². The van der Waals surface area contributed by atoms with Gasteiger partial charge in [-0.05, 0) is 0 Å². The molecule has 0 spiro atoms. The fraction of sp³-hybridized carbons (Fsp3) is 0.500. The molecule has 0 aliphatic heterocycles. The number of aliphatic carboxylic acids is 4. The zero-order valence-corrected chi connectivity index (χ0v) is 12.5. The van der Waals surface area contributed by atoms with Crippen molar-refractivity contribution in [2.45, 2.75) is 18.4 Å². The van der Waals surface area contributed by atoms with Gasteiger partial charge in [0.15, 0.2) is 5.60 Å². The van der Waals surface area contributed by atoms with E-state index in [0.717, 1.165) is 0 Å². The van der Waals surface area contributed by atoms with Crippen LogP contribution in [0.25, 0.3) is 0 Å². The predicted octanol–water partition coefficient (Wildman–Crippen LogP) is -5.39. The first-order valence-electron chi connectivity index (χ1n) is 4.36. The molecule has 0 radical (unpaired) electrons. The summed E-state index contributed by atoms with van der Waals surface area (Å²) in [7, 11) is 0. The van der Waals surface area contributed by atoms with Crippen molar-refractivity contribution in [3.05, 3.63) is 0 Å². The Morgan fingerprint density at radius 2 is 1.10 bits per heavy atom. The second kappa shape index (κ2) is 12.8. The van der Waals surface area contributed by atoms with E-state index in [1.165, 1.54) is 0 Å². The van der Waals surface area contributed by atoms with Crippen molar-refractivity contribution in [2.75, 3.05) is 6.54 Å². The summed E-state index contributed by atoms with van der Waals surface area (Å²) in [6.07, 6.45) is -2.29. The summed E-state index contributed by atoms with van der Waals surface area (Å²) in [5.74, 6) is -5.99. The number of carboxylic acid groups (broad SMARTS) is 4.